The molecule has 1 aliphatic carbocycles. The summed E-state index contributed by atoms with van der Waals surface area (Å²) >= 11 is 0. The average molecular weight is 697 g/mol. The third-order valence-electron chi connectivity index (χ3n) is 9.95. The van der Waals surface area contributed by atoms with Crippen molar-refractivity contribution in [2.45, 2.75) is 18.8 Å². The molecule has 2 N–H and O–H groups in total. The van der Waals surface area contributed by atoms with Crippen molar-refractivity contribution < 1.29 is 0 Å². The number of nitrogen functional groups attached to an aromatic ring is 1. The van der Waals surface area contributed by atoms with Crippen LogP contribution in [0.15, 0.2) is 207 Å². The van der Waals surface area contributed by atoms with Crippen LogP contribution in [-0.2, 0) is 11.8 Å². The van der Waals surface area contributed by atoms with Crippen LogP contribution in [0.5, 0.6) is 0 Å². The molecule has 0 radical (unpaired) electrons. The summed E-state index contributed by atoms with van der Waals surface area (Å²) in [4.78, 5) is 4.96. The molecule has 2 nitrogen and oxygen atoms in total. The zero-order valence-electron chi connectivity index (χ0n) is 30.6. The molecule has 54 heavy (non-hydrogen) atoms. The number of benzene rings is 6. The number of para-hydroxylation sites is 1. The molecule has 0 saturated heterocycles. The van der Waals surface area contributed by atoms with Gasteiger partial charge in [-0.2, -0.15) is 0 Å². The first-order chi connectivity index (χ1) is 26.6. The molecular weight excluding hydrogens is 653 g/mol. The lowest BCUT2D eigenvalue weighted by molar-refractivity contribution is 0.765. The first-order valence-corrected chi connectivity index (χ1v) is 18.4. The lowest BCUT2D eigenvalue weighted by atomic mass is 9.66. The Morgan fingerprint density at radius 1 is 0.574 bits per heavy atom. The predicted molar refractivity (Wildman–Crippen MR) is 230 cm³/mol. The van der Waals surface area contributed by atoms with E-state index in [0.717, 1.165) is 40.1 Å². The summed E-state index contributed by atoms with van der Waals surface area (Å²) in [5, 5.41) is 0. The lowest BCUT2D eigenvalue weighted by Crippen LogP contribution is -2.30. The van der Waals surface area contributed by atoms with Gasteiger partial charge in [0.25, 0.3) is 0 Å². The highest BCUT2D eigenvalue weighted by Crippen LogP contribution is 2.57. The maximum Gasteiger partial charge on any atom is 0.0755 e. The molecule has 1 heterocycles. The van der Waals surface area contributed by atoms with Crippen molar-refractivity contribution in [1.29, 1.82) is 0 Å². The number of fused-ring (bicyclic) bond motifs is 3. The number of nitrogens with zero attached hydrogens (tertiary/aromatic N) is 1. The molecule has 0 saturated carbocycles. The van der Waals surface area contributed by atoms with E-state index >= 15 is 0 Å². The van der Waals surface area contributed by atoms with Crippen LogP contribution < -0.4 is 5.73 Å². The monoisotopic (exact) mass is 696 g/mol. The minimum absolute atomic E-state index is 0.652. The second kappa shape index (κ2) is 16.7. The second-order valence-electron chi connectivity index (χ2n) is 13.3. The van der Waals surface area contributed by atoms with Gasteiger partial charge in [-0.1, -0.05) is 201 Å². The maximum absolute atomic E-state index is 6.89. The number of nitrogens with two attached hydrogens (primary N) is 1. The SMILES string of the molecule is C/C=C\c1ccccc1.C=C/C=C\C=C/c1ccccc1C1(c2ccccc2N)c2cc(Cc3ccc(-c4ccccc4)cc3)ccc2-c2ncccc21. The van der Waals surface area contributed by atoms with Gasteiger partial charge in [0.15, 0.2) is 0 Å². The maximum atomic E-state index is 6.89. The first-order valence-electron chi connectivity index (χ1n) is 18.4. The standard InChI is InChI=1S/C43H34N2.C9H10/c1-2-3-4-6-16-35-17-9-10-18-37(35)43(38-19-11-12-21-41(38)44)39-20-13-28-45-42(39)36-27-24-32(30-40(36)43)29-31-22-25-34(26-23-31)33-14-7-5-8-15-33;1-2-6-9-7-4-3-5-8-9/h2-28,30H,1,29,44H2;2-8H,1H3/b4-3-,16-6-;6-2-. The van der Waals surface area contributed by atoms with Gasteiger partial charge in [-0.05, 0) is 81.1 Å². The molecule has 1 atom stereocenters. The molecule has 7 aromatic rings. The van der Waals surface area contributed by atoms with Crippen molar-refractivity contribution in [3.8, 4) is 22.4 Å². The van der Waals surface area contributed by atoms with E-state index in [9.17, 15) is 0 Å². The number of pyridine rings is 1. The molecule has 0 bridgehead atoms. The van der Waals surface area contributed by atoms with Crippen LogP contribution in [0.25, 0.3) is 34.5 Å². The van der Waals surface area contributed by atoms with E-state index in [1.54, 1.807) is 6.08 Å². The summed E-state index contributed by atoms with van der Waals surface area (Å²) < 4.78 is 0. The van der Waals surface area contributed by atoms with Crippen LogP contribution in [0.3, 0.4) is 0 Å². The van der Waals surface area contributed by atoms with Gasteiger partial charge >= 0.3 is 0 Å². The van der Waals surface area contributed by atoms with Crippen molar-refractivity contribution in [3.63, 3.8) is 0 Å². The Bertz CT molecular complexity index is 2440. The number of hydrogen-bond donors (Lipinski definition) is 1. The molecule has 0 spiro atoms. The molecule has 262 valence electrons. The summed E-state index contributed by atoms with van der Waals surface area (Å²) in [7, 11) is 0. The molecule has 1 aliphatic rings. The fraction of sp³-hybridized carbons (Fsp3) is 0.0577. The number of anilines is 1. The summed E-state index contributed by atoms with van der Waals surface area (Å²) in [5.41, 5.74) is 21.1. The molecule has 1 unspecified atom stereocenters. The Labute approximate surface area is 320 Å². The number of hydrogen-bond acceptors (Lipinski definition) is 2. The van der Waals surface area contributed by atoms with Crippen molar-refractivity contribution in [2.75, 3.05) is 5.73 Å². The summed E-state index contributed by atoms with van der Waals surface area (Å²) in [6.45, 7) is 5.83. The van der Waals surface area contributed by atoms with Gasteiger partial charge in [0.1, 0.15) is 0 Å². The van der Waals surface area contributed by atoms with E-state index in [4.69, 9.17) is 10.7 Å². The Balaban J connectivity index is 0.000000440. The van der Waals surface area contributed by atoms with Crippen LogP contribution in [0.4, 0.5) is 5.69 Å². The summed E-state index contributed by atoms with van der Waals surface area (Å²) in [6.07, 6.45) is 16.8. The zero-order valence-corrected chi connectivity index (χ0v) is 30.6. The highest BCUT2D eigenvalue weighted by Gasteiger charge is 2.48. The molecule has 0 amide bonds. The Kier molecular flexibility index (Phi) is 11.0. The van der Waals surface area contributed by atoms with E-state index in [2.05, 4.69) is 152 Å². The van der Waals surface area contributed by atoms with Crippen LogP contribution in [0, 0.1) is 0 Å². The highest BCUT2D eigenvalue weighted by atomic mass is 14.7. The van der Waals surface area contributed by atoms with E-state index in [0.29, 0.717) is 0 Å². The molecule has 8 rings (SSSR count). The molecule has 2 heteroatoms. The summed E-state index contributed by atoms with van der Waals surface area (Å²) in [5.74, 6) is 0. The van der Waals surface area contributed by atoms with Gasteiger partial charge in [-0.15, -0.1) is 0 Å². The van der Waals surface area contributed by atoms with Gasteiger partial charge in [0, 0.05) is 17.4 Å². The van der Waals surface area contributed by atoms with Crippen LogP contribution in [0.2, 0.25) is 0 Å². The quantitative estimate of drug-likeness (QED) is 0.121. The number of allylic oxidation sites excluding steroid dienone is 5. The smallest absolute Gasteiger partial charge is 0.0755 e. The minimum Gasteiger partial charge on any atom is -0.398 e. The van der Waals surface area contributed by atoms with Crippen LogP contribution in [0.1, 0.15) is 51.4 Å². The minimum atomic E-state index is -0.652. The Morgan fingerprint density at radius 3 is 1.96 bits per heavy atom. The zero-order chi connectivity index (χ0) is 37.2. The van der Waals surface area contributed by atoms with Gasteiger partial charge in [-0.3, -0.25) is 4.98 Å². The largest absolute Gasteiger partial charge is 0.398 e. The molecule has 0 fully saturated rings. The normalized spacial score (nSPS) is 14.5. The predicted octanol–water partition coefficient (Wildman–Crippen LogP) is 12.8. The lowest BCUT2D eigenvalue weighted by Gasteiger charge is -2.36. The van der Waals surface area contributed by atoms with Crippen molar-refractivity contribution >= 4 is 17.8 Å². The van der Waals surface area contributed by atoms with Crippen molar-refractivity contribution in [3.05, 3.63) is 251 Å². The van der Waals surface area contributed by atoms with Gasteiger partial charge in [0.05, 0.1) is 11.1 Å². The highest BCUT2D eigenvalue weighted by molar-refractivity contribution is 5.87. The van der Waals surface area contributed by atoms with E-state index in [1.807, 2.05) is 67.7 Å². The second-order valence-corrected chi connectivity index (χ2v) is 13.3. The fourth-order valence-corrected chi connectivity index (χ4v) is 7.57. The Morgan fingerprint density at radius 2 is 1.22 bits per heavy atom. The van der Waals surface area contributed by atoms with Gasteiger partial charge in [-0.25, -0.2) is 0 Å². The fourth-order valence-electron chi connectivity index (χ4n) is 7.57. The average Bonchev–Trinajstić information content (AvgIpc) is 3.51. The van der Waals surface area contributed by atoms with Crippen LogP contribution in [-0.4, -0.2) is 4.98 Å². The molecule has 6 aromatic carbocycles. The van der Waals surface area contributed by atoms with Crippen LogP contribution >= 0.6 is 0 Å². The first kappa shape index (κ1) is 35.6. The summed E-state index contributed by atoms with van der Waals surface area (Å²) in [6, 6.07) is 57.8. The van der Waals surface area contributed by atoms with Crippen molar-refractivity contribution in [1.82, 2.24) is 4.98 Å². The number of rotatable bonds is 9. The third-order valence-corrected chi connectivity index (χ3v) is 9.95. The van der Waals surface area contributed by atoms with Gasteiger partial charge < -0.3 is 5.73 Å². The molecule has 0 aliphatic heterocycles. The van der Waals surface area contributed by atoms with Gasteiger partial charge in [0.2, 0.25) is 0 Å². The van der Waals surface area contributed by atoms with E-state index < -0.39 is 5.41 Å². The topological polar surface area (TPSA) is 38.9 Å². The van der Waals surface area contributed by atoms with E-state index in [-0.39, 0.29) is 0 Å². The van der Waals surface area contributed by atoms with E-state index in [1.165, 1.54) is 38.9 Å². The molecule has 1 aromatic heterocycles. The molecular formula is C52H44N2. The third kappa shape index (κ3) is 7.28. The van der Waals surface area contributed by atoms with Crippen molar-refractivity contribution in [2.24, 2.45) is 0 Å². The Hall–Kier alpha value is -6.77. The number of aromatic nitrogens is 1.